The molecule has 0 bridgehead atoms. The van der Waals surface area contributed by atoms with Gasteiger partial charge in [-0.2, -0.15) is 0 Å². The first-order valence-electron chi connectivity index (χ1n) is 15.6. The van der Waals surface area contributed by atoms with Crippen molar-refractivity contribution in [3.8, 4) is 0 Å². The van der Waals surface area contributed by atoms with Crippen molar-refractivity contribution in [2.45, 2.75) is 78.6 Å². The molecule has 0 unspecified atom stereocenters. The zero-order valence-electron chi connectivity index (χ0n) is 27.3. The fourth-order valence-electron chi connectivity index (χ4n) is 6.41. The molecule has 0 aliphatic rings. The van der Waals surface area contributed by atoms with Gasteiger partial charge in [-0.3, -0.25) is 0 Å². The molecule has 6 aromatic carbocycles. The van der Waals surface area contributed by atoms with E-state index in [0.717, 1.165) is 11.4 Å². The summed E-state index contributed by atoms with van der Waals surface area (Å²) in [5.74, 6) is 0. The van der Waals surface area contributed by atoms with Crippen molar-refractivity contribution in [2.75, 3.05) is 4.90 Å². The van der Waals surface area contributed by atoms with Crippen LogP contribution in [0, 0.1) is 0 Å². The summed E-state index contributed by atoms with van der Waals surface area (Å²) in [4.78, 5) is 2.45. The van der Waals surface area contributed by atoms with Gasteiger partial charge in [-0.25, -0.2) is 0 Å². The summed E-state index contributed by atoms with van der Waals surface area (Å²) >= 11 is 0. The quantitative estimate of drug-likeness (QED) is 0.194. The monoisotopic (exact) mass is 563 g/mol. The summed E-state index contributed by atoms with van der Waals surface area (Å²) in [5, 5.41) is 7.81. The summed E-state index contributed by atoms with van der Waals surface area (Å²) in [6.45, 7) is 20.6. The van der Waals surface area contributed by atoms with E-state index in [1.54, 1.807) is 0 Å². The molecule has 0 radical (unpaired) electrons. The van der Waals surface area contributed by atoms with Crippen LogP contribution in [0.25, 0.3) is 32.3 Å². The minimum absolute atomic E-state index is 0.0187. The number of anilines is 3. The van der Waals surface area contributed by atoms with E-state index in [1.165, 1.54) is 54.7 Å². The fourth-order valence-corrected chi connectivity index (χ4v) is 6.41. The summed E-state index contributed by atoms with van der Waals surface area (Å²) < 4.78 is 0. The van der Waals surface area contributed by atoms with Gasteiger partial charge < -0.3 is 4.90 Å². The first-order valence-corrected chi connectivity index (χ1v) is 15.6. The van der Waals surface area contributed by atoms with Crippen LogP contribution in [0.1, 0.15) is 79.0 Å². The Hall–Kier alpha value is -4.10. The van der Waals surface area contributed by atoms with Gasteiger partial charge in [0, 0.05) is 16.8 Å². The molecule has 0 atom stereocenters. The van der Waals surface area contributed by atoms with Gasteiger partial charge in [0.2, 0.25) is 0 Å². The topological polar surface area (TPSA) is 3.24 Å². The molecule has 0 saturated heterocycles. The first-order chi connectivity index (χ1) is 20.2. The molecule has 1 nitrogen and oxygen atoms in total. The van der Waals surface area contributed by atoms with Crippen molar-refractivity contribution in [3.63, 3.8) is 0 Å². The van der Waals surface area contributed by atoms with Gasteiger partial charge in [-0.15, -0.1) is 0 Å². The van der Waals surface area contributed by atoms with E-state index >= 15 is 0 Å². The number of hydrogen-bond acceptors (Lipinski definition) is 1. The van der Waals surface area contributed by atoms with Gasteiger partial charge in [-0.1, -0.05) is 135 Å². The molecule has 0 heterocycles. The molecule has 0 aliphatic heterocycles. The van der Waals surface area contributed by atoms with Crippen LogP contribution in [0.5, 0.6) is 0 Å². The van der Waals surface area contributed by atoms with Gasteiger partial charge in [0.1, 0.15) is 0 Å². The fraction of sp³-hybridized carbons (Fsp3) is 0.286. The lowest BCUT2D eigenvalue weighted by Gasteiger charge is -2.30. The highest BCUT2D eigenvalue weighted by Crippen LogP contribution is 2.46. The highest BCUT2D eigenvalue weighted by Gasteiger charge is 2.23. The molecule has 0 spiro atoms. The number of hydrogen-bond donors (Lipinski definition) is 0. The number of rotatable bonds is 3. The van der Waals surface area contributed by atoms with Crippen molar-refractivity contribution >= 4 is 49.4 Å². The normalized spacial score (nSPS) is 12.8. The standard InChI is InChI=1S/C42H45N/c1-40(2,3)29-18-22-31(23-19-29)43(32-24-20-30(21-25-32)41(4,5)6)38-27-28-26-37(42(7,8)9)33-14-10-12-16-35(33)39(28)36-17-13-11-15-34(36)38/h10-27H,1-9H3. The van der Waals surface area contributed by atoms with E-state index in [0.29, 0.717) is 0 Å². The van der Waals surface area contributed by atoms with Crippen LogP contribution in [0.4, 0.5) is 17.1 Å². The molecule has 6 aromatic rings. The van der Waals surface area contributed by atoms with E-state index in [2.05, 4.69) is 176 Å². The van der Waals surface area contributed by atoms with Crippen molar-refractivity contribution in [1.29, 1.82) is 0 Å². The Morgan fingerprint density at radius 2 is 0.837 bits per heavy atom. The zero-order chi connectivity index (χ0) is 30.7. The SMILES string of the molecule is CC(C)(C)c1ccc(N(c2ccc(C(C)(C)C)cc2)c2cc3cc(C(C)(C)C)c4ccccc4c3c3ccccc23)cc1. The van der Waals surface area contributed by atoms with Gasteiger partial charge in [0.05, 0.1) is 5.69 Å². The molecule has 0 aliphatic carbocycles. The first kappa shape index (κ1) is 29.0. The second-order valence-electron chi connectivity index (χ2n) is 15.2. The predicted octanol–water partition coefficient (Wildman–Crippen LogP) is 12.5. The molecule has 0 N–H and O–H groups in total. The molecule has 218 valence electrons. The Morgan fingerprint density at radius 3 is 1.28 bits per heavy atom. The Balaban J connectivity index is 1.69. The Labute approximate surface area is 258 Å². The smallest absolute Gasteiger partial charge is 0.0546 e. The van der Waals surface area contributed by atoms with Crippen LogP contribution in [0.15, 0.2) is 109 Å². The average molecular weight is 564 g/mol. The van der Waals surface area contributed by atoms with Crippen LogP contribution in [0.2, 0.25) is 0 Å². The maximum absolute atomic E-state index is 2.45. The molecular formula is C42H45N. The van der Waals surface area contributed by atoms with Crippen molar-refractivity contribution in [2.24, 2.45) is 0 Å². The maximum atomic E-state index is 2.45. The minimum atomic E-state index is 0.0187. The molecule has 6 rings (SSSR count). The van der Waals surface area contributed by atoms with Crippen LogP contribution in [-0.4, -0.2) is 0 Å². The molecule has 0 amide bonds. The summed E-state index contributed by atoms with van der Waals surface area (Å²) in [7, 11) is 0. The number of benzene rings is 6. The van der Waals surface area contributed by atoms with Crippen LogP contribution >= 0.6 is 0 Å². The Morgan fingerprint density at radius 1 is 0.419 bits per heavy atom. The third kappa shape index (κ3) is 5.31. The van der Waals surface area contributed by atoms with Crippen LogP contribution < -0.4 is 4.90 Å². The van der Waals surface area contributed by atoms with Crippen molar-refractivity contribution in [3.05, 3.63) is 126 Å². The summed E-state index contributed by atoms with van der Waals surface area (Å²) in [5.41, 5.74) is 7.79. The lowest BCUT2D eigenvalue weighted by molar-refractivity contribution is 0.590. The third-order valence-electron chi connectivity index (χ3n) is 8.87. The van der Waals surface area contributed by atoms with E-state index in [1.807, 2.05) is 0 Å². The Bertz CT molecular complexity index is 1880. The molecule has 0 saturated carbocycles. The lowest BCUT2D eigenvalue weighted by Crippen LogP contribution is -2.15. The molecule has 0 aromatic heterocycles. The van der Waals surface area contributed by atoms with Crippen molar-refractivity contribution in [1.82, 2.24) is 0 Å². The highest BCUT2D eigenvalue weighted by atomic mass is 15.1. The van der Waals surface area contributed by atoms with Gasteiger partial charge in [0.25, 0.3) is 0 Å². The van der Waals surface area contributed by atoms with Gasteiger partial charge in [-0.05, 0) is 96.3 Å². The minimum Gasteiger partial charge on any atom is -0.310 e. The van der Waals surface area contributed by atoms with Gasteiger partial charge in [0.15, 0.2) is 0 Å². The highest BCUT2D eigenvalue weighted by molar-refractivity contribution is 6.24. The molecule has 43 heavy (non-hydrogen) atoms. The van der Waals surface area contributed by atoms with E-state index in [-0.39, 0.29) is 16.2 Å². The van der Waals surface area contributed by atoms with Crippen LogP contribution in [-0.2, 0) is 16.2 Å². The number of fused-ring (bicyclic) bond motifs is 5. The summed E-state index contributed by atoms with van der Waals surface area (Å²) in [6, 6.07) is 41.1. The number of nitrogens with zero attached hydrogens (tertiary/aromatic N) is 1. The summed E-state index contributed by atoms with van der Waals surface area (Å²) in [6.07, 6.45) is 0. The molecule has 0 fully saturated rings. The van der Waals surface area contributed by atoms with Gasteiger partial charge >= 0.3 is 0 Å². The third-order valence-corrected chi connectivity index (χ3v) is 8.87. The van der Waals surface area contributed by atoms with E-state index in [4.69, 9.17) is 0 Å². The van der Waals surface area contributed by atoms with E-state index < -0.39 is 0 Å². The van der Waals surface area contributed by atoms with Crippen LogP contribution in [0.3, 0.4) is 0 Å². The van der Waals surface area contributed by atoms with E-state index in [9.17, 15) is 0 Å². The lowest BCUT2D eigenvalue weighted by atomic mass is 9.81. The largest absolute Gasteiger partial charge is 0.310 e. The van der Waals surface area contributed by atoms with Crippen molar-refractivity contribution < 1.29 is 0 Å². The second kappa shape index (κ2) is 10.3. The molecular weight excluding hydrogens is 518 g/mol. The molecule has 1 heteroatoms. The predicted molar refractivity (Wildman–Crippen MR) is 190 cm³/mol. The maximum Gasteiger partial charge on any atom is 0.0546 e. The average Bonchev–Trinajstić information content (AvgIpc) is 2.96. The zero-order valence-corrected chi connectivity index (χ0v) is 27.3. The Kier molecular flexibility index (Phi) is 6.92. The second-order valence-corrected chi connectivity index (χ2v) is 15.2.